The first-order chi connectivity index (χ1) is 18.1. The Bertz CT molecular complexity index is 1290. The van der Waals surface area contributed by atoms with Crippen LogP contribution in [0.15, 0.2) is 54.7 Å². The monoisotopic (exact) mass is 528 g/mol. The highest BCUT2D eigenvalue weighted by Gasteiger charge is 2.34. The molecule has 3 aromatic rings. The molecule has 0 unspecified atom stereocenters. The van der Waals surface area contributed by atoms with Gasteiger partial charge in [0.1, 0.15) is 0 Å². The molecule has 4 rings (SSSR count). The normalized spacial score (nSPS) is 14.3. The van der Waals surface area contributed by atoms with Crippen LogP contribution in [0.4, 0.5) is 29.6 Å². The van der Waals surface area contributed by atoms with E-state index < -0.39 is 23.7 Å². The molecule has 1 aliphatic heterocycles. The fraction of sp³-hybridized carbons (Fsp3) is 0.308. The molecule has 0 bridgehead atoms. The highest BCUT2D eigenvalue weighted by molar-refractivity contribution is 5.92. The summed E-state index contributed by atoms with van der Waals surface area (Å²) in [6.07, 6.45) is -4.53. The molecule has 0 radical (unpaired) electrons. The number of primary amides is 1. The quantitative estimate of drug-likeness (QED) is 0.405. The molecule has 2 aromatic carbocycles. The van der Waals surface area contributed by atoms with Gasteiger partial charge in [0.25, 0.3) is 0 Å². The second kappa shape index (κ2) is 11.5. The zero-order valence-electron chi connectivity index (χ0n) is 20.4. The molecule has 0 aliphatic carbocycles. The van der Waals surface area contributed by atoms with Crippen molar-refractivity contribution in [3.8, 4) is 0 Å². The molecule has 12 heteroatoms. The van der Waals surface area contributed by atoms with Gasteiger partial charge in [-0.15, -0.1) is 0 Å². The van der Waals surface area contributed by atoms with Gasteiger partial charge in [-0.05, 0) is 48.2 Å². The number of hydrogen-bond acceptors (Lipinski definition) is 6. The topological polar surface area (TPSA) is 125 Å². The number of anilines is 2. The fourth-order valence-corrected chi connectivity index (χ4v) is 4.23. The van der Waals surface area contributed by atoms with E-state index in [1.807, 2.05) is 12.1 Å². The Hall–Kier alpha value is -4.19. The number of rotatable bonds is 8. The van der Waals surface area contributed by atoms with Gasteiger partial charge in [-0.1, -0.05) is 24.3 Å². The number of aromatic nitrogens is 2. The smallest absolute Gasteiger partial charge is 0.419 e. The number of nitrogens with two attached hydrogens (primary N) is 1. The van der Waals surface area contributed by atoms with Crippen molar-refractivity contribution in [3.63, 3.8) is 0 Å². The van der Waals surface area contributed by atoms with Crippen molar-refractivity contribution in [2.75, 3.05) is 31.5 Å². The molecule has 38 heavy (non-hydrogen) atoms. The molecule has 4 N–H and O–H groups in total. The van der Waals surface area contributed by atoms with Gasteiger partial charge in [-0.2, -0.15) is 13.2 Å². The largest absolute Gasteiger partial charge is 0.465 e. The van der Waals surface area contributed by atoms with Gasteiger partial charge in [-0.3, -0.25) is 9.69 Å². The first-order valence-electron chi connectivity index (χ1n) is 12.0. The Labute approximate surface area is 217 Å². The molecule has 0 atom stereocenters. The Kier molecular flexibility index (Phi) is 8.10. The average Bonchev–Trinajstić information content (AvgIpc) is 2.88. The van der Waals surface area contributed by atoms with E-state index in [0.717, 1.165) is 11.8 Å². The van der Waals surface area contributed by atoms with Crippen molar-refractivity contribution < 1.29 is 27.9 Å². The Morgan fingerprint density at radius 2 is 1.71 bits per heavy atom. The number of amides is 2. The molecule has 2 heterocycles. The maximum atomic E-state index is 13.6. The van der Waals surface area contributed by atoms with Crippen LogP contribution in [0.1, 0.15) is 32.7 Å². The van der Waals surface area contributed by atoms with Crippen LogP contribution in [0, 0.1) is 0 Å². The second-order valence-corrected chi connectivity index (χ2v) is 8.98. The summed E-state index contributed by atoms with van der Waals surface area (Å²) < 4.78 is 40.8. The standard InChI is InChI=1S/C26H27F3N6O3/c27-26(28,29)21-15-31-24(33-22(21)9-6-17-2-1-3-19(14-17)23(30)36)32-20-7-4-18(5-8-20)16-34-10-12-35(13-11-34)25(37)38/h1-5,7-8,14-15H,6,9-13,16H2,(H2,30,36)(H,37,38)(H,31,32,33). The lowest BCUT2D eigenvalue weighted by molar-refractivity contribution is -0.138. The van der Waals surface area contributed by atoms with Gasteiger partial charge in [0, 0.05) is 50.2 Å². The zero-order valence-corrected chi connectivity index (χ0v) is 20.4. The predicted octanol–water partition coefficient (Wildman–Crippen LogP) is 3.92. The minimum Gasteiger partial charge on any atom is -0.465 e. The lowest BCUT2D eigenvalue weighted by Crippen LogP contribution is -2.47. The number of halogens is 3. The third-order valence-corrected chi connectivity index (χ3v) is 6.29. The molecular weight excluding hydrogens is 501 g/mol. The molecule has 1 aliphatic rings. The summed E-state index contributed by atoms with van der Waals surface area (Å²) in [5.74, 6) is -0.570. The van der Waals surface area contributed by atoms with Crippen LogP contribution in [0.5, 0.6) is 0 Å². The third-order valence-electron chi connectivity index (χ3n) is 6.29. The molecule has 1 saturated heterocycles. The van der Waals surface area contributed by atoms with Gasteiger partial charge in [0.05, 0.1) is 11.3 Å². The van der Waals surface area contributed by atoms with Gasteiger partial charge in [-0.25, -0.2) is 14.8 Å². The molecule has 0 saturated carbocycles. The summed E-state index contributed by atoms with van der Waals surface area (Å²) in [6.45, 7) is 2.85. The summed E-state index contributed by atoms with van der Waals surface area (Å²) in [5.41, 5.74) is 6.82. The maximum Gasteiger partial charge on any atom is 0.419 e. The predicted molar refractivity (Wildman–Crippen MR) is 134 cm³/mol. The maximum absolute atomic E-state index is 13.6. The molecule has 200 valence electrons. The molecule has 1 fully saturated rings. The van der Waals surface area contributed by atoms with Crippen molar-refractivity contribution in [3.05, 3.63) is 82.7 Å². The van der Waals surface area contributed by atoms with Crippen LogP contribution in [0.3, 0.4) is 0 Å². The average molecular weight is 529 g/mol. The number of hydrogen-bond donors (Lipinski definition) is 3. The Balaban J connectivity index is 1.42. The van der Waals surface area contributed by atoms with Crippen molar-refractivity contribution in [2.24, 2.45) is 5.73 Å². The van der Waals surface area contributed by atoms with E-state index in [1.54, 1.807) is 36.4 Å². The molecule has 9 nitrogen and oxygen atoms in total. The number of carboxylic acid groups (broad SMARTS) is 1. The van der Waals surface area contributed by atoms with Crippen LogP contribution in [-0.2, 0) is 25.6 Å². The second-order valence-electron chi connectivity index (χ2n) is 8.98. The number of nitrogens with one attached hydrogen (secondary N) is 1. The number of benzene rings is 2. The van der Waals surface area contributed by atoms with Gasteiger partial charge in [0.2, 0.25) is 11.9 Å². The number of nitrogens with zero attached hydrogens (tertiary/aromatic N) is 4. The van der Waals surface area contributed by atoms with Gasteiger partial charge >= 0.3 is 12.3 Å². The highest BCUT2D eigenvalue weighted by atomic mass is 19.4. The van der Waals surface area contributed by atoms with Crippen LogP contribution in [0.2, 0.25) is 0 Å². The van der Waals surface area contributed by atoms with Crippen LogP contribution in [0.25, 0.3) is 0 Å². The van der Waals surface area contributed by atoms with Gasteiger partial charge in [0.15, 0.2) is 0 Å². The van der Waals surface area contributed by atoms with E-state index in [2.05, 4.69) is 20.2 Å². The van der Waals surface area contributed by atoms with E-state index in [0.29, 0.717) is 44.0 Å². The van der Waals surface area contributed by atoms with E-state index in [9.17, 15) is 22.8 Å². The zero-order chi connectivity index (χ0) is 27.3. The van der Waals surface area contributed by atoms with Crippen LogP contribution >= 0.6 is 0 Å². The lowest BCUT2D eigenvalue weighted by atomic mass is 10.0. The summed E-state index contributed by atoms with van der Waals surface area (Å²) in [6, 6.07) is 13.8. The van der Waals surface area contributed by atoms with Crippen molar-refractivity contribution >= 4 is 23.6 Å². The number of aryl methyl sites for hydroxylation is 2. The summed E-state index contributed by atoms with van der Waals surface area (Å²) in [5, 5.41) is 12.0. The Morgan fingerprint density at radius 1 is 1.00 bits per heavy atom. The SMILES string of the molecule is NC(=O)c1cccc(CCc2nc(Nc3ccc(CN4CCN(C(=O)O)CC4)cc3)ncc2C(F)(F)F)c1. The molecule has 2 amide bonds. The first kappa shape index (κ1) is 26.9. The first-order valence-corrected chi connectivity index (χ1v) is 12.0. The highest BCUT2D eigenvalue weighted by Crippen LogP contribution is 2.32. The van der Waals surface area contributed by atoms with Crippen LogP contribution in [-0.4, -0.2) is 63.1 Å². The summed E-state index contributed by atoms with van der Waals surface area (Å²) >= 11 is 0. The number of alkyl halides is 3. The van der Waals surface area contributed by atoms with Crippen molar-refractivity contribution in [2.45, 2.75) is 25.6 Å². The third kappa shape index (κ3) is 6.97. The number of piperazine rings is 1. The summed E-state index contributed by atoms with van der Waals surface area (Å²) in [7, 11) is 0. The molecular formula is C26H27F3N6O3. The lowest BCUT2D eigenvalue weighted by Gasteiger charge is -2.33. The van der Waals surface area contributed by atoms with Gasteiger partial charge < -0.3 is 21.1 Å². The minimum atomic E-state index is -4.61. The minimum absolute atomic E-state index is 0.0116. The fourth-order valence-electron chi connectivity index (χ4n) is 4.23. The summed E-state index contributed by atoms with van der Waals surface area (Å²) in [4.78, 5) is 34.0. The Morgan fingerprint density at radius 3 is 2.34 bits per heavy atom. The van der Waals surface area contributed by atoms with E-state index in [1.165, 1.54) is 4.90 Å². The van der Waals surface area contributed by atoms with E-state index in [-0.39, 0.29) is 30.0 Å². The van der Waals surface area contributed by atoms with E-state index >= 15 is 0 Å². The van der Waals surface area contributed by atoms with Crippen molar-refractivity contribution in [1.29, 1.82) is 0 Å². The van der Waals surface area contributed by atoms with Crippen LogP contribution < -0.4 is 11.1 Å². The molecule has 1 aromatic heterocycles. The number of carbonyl (C=O) groups is 2. The van der Waals surface area contributed by atoms with E-state index in [4.69, 9.17) is 10.8 Å². The number of carbonyl (C=O) groups excluding carboxylic acids is 1. The van der Waals surface area contributed by atoms with Crippen molar-refractivity contribution in [1.82, 2.24) is 19.8 Å². The molecule has 0 spiro atoms.